The van der Waals surface area contributed by atoms with E-state index in [1.165, 1.54) is 25.0 Å². The predicted molar refractivity (Wildman–Crippen MR) is 119 cm³/mol. The molecule has 2 aliphatic heterocycles. The number of nitrogens with zero attached hydrogens (tertiary/aromatic N) is 1. The molecule has 0 amide bonds. The summed E-state index contributed by atoms with van der Waals surface area (Å²) in [4.78, 5) is 0.638. The molecule has 0 N–H and O–H groups in total. The second-order valence-electron chi connectivity index (χ2n) is 7.84. The number of benzene rings is 2. The first-order chi connectivity index (χ1) is 13.5. The van der Waals surface area contributed by atoms with Crippen LogP contribution in [0.15, 0.2) is 45.8 Å². The van der Waals surface area contributed by atoms with Crippen molar-refractivity contribution in [1.29, 1.82) is 0 Å². The van der Waals surface area contributed by atoms with E-state index in [0.29, 0.717) is 10.8 Å². The molecule has 2 heterocycles. The molecule has 28 heavy (non-hydrogen) atoms. The van der Waals surface area contributed by atoms with E-state index < -0.39 is 11.0 Å². The number of anilines is 1. The minimum Gasteiger partial charge on any atom is -0.283 e. The largest absolute Gasteiger partial charge is 0.283 e. The Hall–Kier alpha value is -0.560. The maximum absolute atomic E-state index is 13.7. The Kier molecular flexibility index (Phi) is 5.05. The quantitative estimate of drug-likeness (QED) is 0.491. The summed E-state index contributed by atoms with van der Waals surface area (Å²) >= 11 is 12.5. The van der Waals surface area contributed by atoms with Gasteiger partial charge in [0.15, 0.2) is 11.0 Å². The Morgan fingerprint density at radius 3 is 2.46 bits per heavy atom. The summed E-state index contributed by atoms with van der Waals surface area (Å²) in [5, 5.41) is 0.758. The maximum Gasteiger partial charge on any atom is 0.153 e. The van der Waals surface area contributed by atoms with Crippen molar-refractivity contribution in [3.8, 4) is 0 Å². The van der Waals surface area contributed by atoms with Gasteiger partial charge in [0.05, 0.1) is 21.6 Å². The lowest BCUT2D eigenvalue weighted by atomic mass is 9.70. The molecule has 2 fully saturated rings. The molecule has 1 spiro atoms. The molecule has 2 aromatic rings. The molecule has 7 heteroatoms. The Bertz CT molecular complexity index is 944. The number of hydrogen-bond acceptors (Lipinski definition) is 2. The zero-order valence-electron chi connectivity index (χ0n) is 15.2. The molecule has 1 saturated carbocycles. The van der Waals surface area contributed by atoms with Crippen LogP contribution in [-0.2, 0) is 16.4 Å². The molecule has 3 aliphatic rings. The van der Waals surface area contributed by atoms with Gasteiger partial charge < -0.3 is 0 Å². The lowest BCUT2D eigenvalue weighted by Crippen LogP contribution is -2.49. The van der Waals surface area contributed by atoms with E-state index in [2.05, 4.69) is 26.3 Å². The van der Waals surface area contributed by atoms with Gasteiger partial charge in [0.2, 0.25) is 0 Å². The van der Waals surface area contributed by atoms with Gasteiger partial charge in [-0.15, -0.1) is 0 Å². The van der Waals surface area contributed by atoms with Crippen LogP contribution in [0.25, 0.3) is 0 Å². The van der Waals surface area contributed by atoms with Crippen molar-refractivity contribution in [1.82, 2.24) is 0 Å². The minimum atomic E-state index is -1.40. The fourth-order valence-electron chi connectivity index (χ4n) is 4.91. The molecule has 2 unspecified atom stereocenters. The molecule has 2 atom stereocenters. The van der Waals surface area contributed by atoms with Crippen molar-refractivity contribution < 1.29 is 8.60 Å². The first-order valence-electron chi connectivity index (χ1n) is 9.56. The summed E-state index contributed by atoms with van der Waals surface area (Å²) in [6.45, 7) is 0. The molecule has 1 saturated heterocycles. The number of thioether (sulfide) groups is 1. The lowest BCUT2D eigenvalue weighted by Gasteiger charge is -2.42. The van der Waals surface area contributed by atoms with Gasteiger partial charge >= 0.3 is 0 Å². The fraction of sp³-hybridized carbons (Fsp3) is 0.429. The zero-order chi connectivity index (χ0) is 19.5. The van der Waals surface area contributed by atoms with Gasteiger partial charge in [-0.05, 0) is 95.4 Å². The van der Waals surface area contributed by atoms with E-state index in [-0.39, 0.29) is 17.3 Å². The van der Waals surface area contributed by atoms with E-state index in [4.69, 9.17) is 11.6 Å². The van der Waals surface area contributed by atoms with Crippen LogP contribution in [-0.4, -0.2) is 21.8 Å². The number of fused-ring (bicyclic) bond motifs is 2. The van der Waals surface area contributed by atoms with Crippen molar-refractivity contribution in [2.24, 2.45) is 5.92 Å². The Balaban J connectivity index is 1.69. The lowest BCUT2D eigenvalue weighted by molar-refractivity contribution is 0.317. The Morgan fingerprint density at radius 1 is 1.14 bits per heavy atom. The zero-order valence-corrected chi connectivity index (χ0v) is 19.1. The molecular weight excluding hydrogens is 481 g/mol. The van der Waals surface area contributed by atoms with E-state index in [1.807, 2.05) is 17.8 Å². The van der Waals surface area contributed by atoms with Crippen LogP contribution >= 0.6 is 39.3 Å². The monoisotopic (exact) mass is 499 g/mol. The standard InChI is InChI=1S/C21H20BrClFNOS2/c22-16-7-8-17-18(19(16)23)21(9-11-27-12-10-21)20(13-1-2-13)25(17)28(26)15-5-3-14(24)4-6-15/h3-8,13,20H,1-2,9-12H2. The highest BCUT2D eigenvalue weighted by molar-refractivity contribution is 9.10. The maximum atomic E-state index is 13.7. The van der Waals surface area contributed by atoms with Gasteiger partial charge in [-0.2, -0.15) is 11.8 Å². The number of halogens is 3. The van der Waals surface area contributed by atoms with Gasteiger partial charge in [-0.3, -0.25) is 4.31 Å². The van der Waals surface area contributed by atoms with Crippen molar-refractivity contribution in [3.63, 3.8) is 0 Å². The summed E-state index contributed by atoms with van der Waals surface area (Å²) in [7, 11) is -1.40. The number of hydrogen-bond donors (Lipinski definition) is 0. The smallest absolute Gasteiger partial charge is 0.153 e. The van der Waals surface area contributed by atoms with Crippen LogP contribution < -0.4 is 4.31 Å². The Morgan fingerprint density at radius 2 is 1.82 bits per heavy atom. The van der Waals surface area contributed by atoms with Gasteiger partial charge in [0.25, 0.3) is 0 Å². The molecule has 148 valence electrons. The molecule has 2 nitrogen and oxygen atoms in total. The van der Waals surface area contributed by atoms with Crippen molar-refractivity contribution in [2.45, 2.75) is 42.0 Å². The molecule has 0 radical (unpaired) electrons. The van der Waals surface area contributed by atoms with Crippen LogP contribution in [0.2, 0.25) is 5.02 Å². The van der Waals surface area contributed by atoms with E-state index in [1.54, 1.807) is 12.1 Å². The fourth-order valence-corrected chi connectivity index (χ4v) is 8.32. The molecule has 0 bridgehead atoms. The third-order valence-electron chi connectivity index (χ3n) is 6.27. The predicted octanol–water partition coefficient (Wildman–Crippen LogP) is 6.33. The van der Waals surface area contributed by atoms with Crippen molar-refractivity contribution in [2.75, 3.05) is 15.8 Å². The highest BCUT2D eigenvalue weighted by Gasteiger charge is 2.58. The molecular formula is C21H20BrClFNOS2. The first-order valence-corrected chi connectivity index (χ1v) is 13.0. The van der Waals surface area contributed by atoms with Gasteiger partial charge in [-0.1, -0.05) is 11.6 Å². The van der Waals surface area contributed by atoms with Gasteiger partial charge in [-0.25, -0.2) is 8.60 Å². The van der Waals surface area contributed by atoms with E-state index >= 15 is 0 Å². The van der Waals surface area contributed by atoms with Crippen LogP contribution in [0.4, 0.5) is 10.1 Å². The Labute approximate surface area is 184 Å². The SMILES string of the molecule is O=S(c1ccc(F)cc1)N1c2ccc(Br)c(Cl)c2C2(CCSCC2)C1C1CC1. The normalized spacial score (nSPS) is 24.4. The first kappa shape index (κ1) is 19.4. The summed E-state index contributed by atoms with van der Waals surface area (Å²) in [6, 6.07) is 10.2. The average molecular weight is 501 g/mol. The highest BCUT2D eigenvalue weighted by Crippen LogP contribution is 2.61. The molecule has 2 aromatic carbocycles. The summed E-state index contributed by atoms with van der Waals surface area (Å²) in [6.07, 6.45) is 4.45. The molecule has 0 aromatic heterocycles. The molecule has 1 aliphatic carbocycles. The average Bonchev–Trinajstić information content (AvgIpc) is 3.50. The van der Waals surface area contributed by atoms with Crippen LogP contribution in [0.5, 0.6) is 0 Å². The summed E-state index contributed by atoms with van der Waals surface area (Å²) in [5.74, 6) is 2.43. The van der Waals surface area contributed by atoms with Crippen molar-refractivity contribution in [3.05, 3.63) is 57.3 Å². The van der Waals surface area contributed by atoms with Gasteiger partial charge in [0.1, 0.15) is 5.82 Å². The molecule has 5 rings (SSSR count). The third-order valence-corrected chi connectivity index (χ3v) is 10.00. The van der Waals surface area contributed by atoms with Crippen LogP contribution in [0, 0.1) is 11.7 Å². The topological polar surface area (TPSA) is 20.3 Å². The second-order valence-corrected chi connectivity index (χ2v) is 11.7. The second kappa shape index (κ2) is 7.29. The van der Waals surface area contributed by atoms with Crippen LogP contribution in [0.3, 0.4) is 0 Å². The van der Waals surface area contributed by atoms with Gasteiger partial charge in [0, 0.05) is 15.5 Å². The minimum absolute atomic E-state index is 0.0572. The summed E-state index contributed by atoms with van der Waals surface area (Å²) < 4.78 is 30.2. The third kappa shape index (κ3) is 2.98. The van der Waals surface area contributed by atoms with E-state index in [9.17, 15) is 8.60 Å². The van der Waals surface area contributed by atoms with Crippen LogP contribution in [0.1, 0.15) is 31.2 Å². The highest BCUT2D eigenvalue weighted by atomic mass is 79.9. The van der Waals surface area contributed by atoms with E-state index in [0.717, 1.165) is 45.1 Å². The number of rotatable bonds is 3. The summed E-state index contributed by atoms with van der Waals surface area (Å²) in [5.41, 5.74) is 2.09. The van der Waals surface area contributed by atoms with Crippen molar-refractivity contribution >= 4 is 56.0 Å².